The van der Waals surface area contributed by atoms with Gasteiger partial charge in [0.15, 0.2) is 5.79 Å². The Balaban J connectivity index is 1.19. The normalized spacial score (nSPS) is 20.7. The van der Waals surface area contributed by atoms with E-state index >= 15 is 4.79 Å². The third-order valence-electron chi connectivity index (χ3n) is 11.2. The smallest absolute Gasteiger partial charge is 0.321 e. The second-order valence-corrected chi connectivity index (χ2v) is 22.9. The van der Waals surface area contributed by atoms with E-state index in [1.807, 2.05) is 89.1 Å². The standard InChI is InChI=1S/C45H54N8O4Si/c1-45(2)56-42-40(25-32-12-8-6-9-13-32)50(29-34-17-19-38-36(24-34)28-48-53(38)31-55-22-23-58(3,4)5)44(54)51(41(43(42)57-45)26-33-14-10-7-11-15-33)30-35-16-18-37(46)39(27-35)52-21-20-47-49-52/h6-21,24,27-28,40-43H,22-23,25-26,29-31,46H2,1-5H3/t40-,41-,42+,43+/m1/s1. The first-order chi connectivity index (χ1) is 27.9. The lowest BCUT2D eigenvalue weighted by Crippen LogP contribution is -2.51. The van der Waals surface area contributed by atoms with Crippen molar-refractivity contribution in [2.24, 2.45) is 0 Å². The van der Waals surface area contributed by atoms with Crippen LogP contribution in [0.3, 0.4) is 0 Å². The van der Waals surface area contributed by atoms with Crippen molar-refractivity contribution in [2.45, 2.75) is 102 Å². The molecule has 2 aromatic heterocycles. The Morgan fingerprint density at radius 1 is 0.793 bits per heavy atom. The highest BCUT2D eigenvalue weighted by atomic mass is 28.3. The Morgan fingerprint density at radius 3 is 1.98 bits per heavy atom. The molecule has 302 valence electrons. The van der Waals surface area contributed by atoms with Gasteiger partial charge in [0.05, 0.1) is 47.6 Å². The molecule has 12 nitrogen and oxygen atoms in total. The first-order valence-electron chi connectivity index (χ1n) is 20.2. The van der Waals surface area contributed by atoms with Crippen LogP contribution in [0.1, 0.15) is 36.1 Å². The summed E-state index contributed by atoms with van der Waals surface area (Å²) >= 11 is 0. The number of nitrogens with zero attached hydrogens (tertiary/aromatic N) is 7. The van der Waals surface area contributed by atoms with E-state index in [9.17, 15) is 0 Å². The van der Waals surface area contributed by atoms with Crippen LogP contribution in [0.4, 0.5) is 10.5 Å². The molecule has 2 amide bonds. The van der Waals surface area contributed by atoms with Gasteiger partial charge in [0.25, 0.3) is 0 Å². The fourth-order valence-corrected chi connectivity index (χ4v) is 8.99. The third kappa shape index (κ3) is 8.87. The Hall–Kier alpha value is -5.34. The molecule has 4 aromatic carbocycles. The summed E-state index contributed by atoms with van der Waals surface area (Å²) in [7, 11) is -1.20. The highest BCUT2D eigenvalue weighted by molar-refractivity contribution is 6.76. The van der Waals surface area contributed by atoms with E-state index in [2.05, 4.69) is 77.5 Å². The van der Waals surface area contributed by atoms with Gasteiger partial charge in [-0.1, -0.05) is 97.7 Å². The average molecular weight is 799 g/mol. The number of hydrogen-bond donors (Lipinski definition) is 1. The van der Waals surface area contributed by atoms with Crippen molar-refractivity contribution in [2.75, 3.05) is 12.3 Å². The largest absolute Gasteiger partial charge is 0.397 e. The van der Waals surface area contributed by atoms with E-state index in [1.54, 1.807) is 17.1 Å². The van der Waals surface area contributed by atoms with Crippen molar-refractivity contribution in [3.8, 4) is 5.69 Å². The van der Waals surface area contributed by atoms with Gasteiger partial charge in [0.1, 0.15) is 18.9 Å². The molecule has 4 heterocycles. The molecule has 0 unspecified atom stereocenters. The van der Waals surface area contributed by atoms with Crippen LogP contribution in [-0.4, -0.2) is 85.4 Å². The van der Waals surface area contributed by atoms with Gasteiger partial charge in [-0.25, -0.2) is 14.2 Å². The van der Waals surface area contributed by atoms with Crippen LogP contribution in [-0.2, 0) is 46.9 Å². The molecule has 0 saturated carbocycles. The summed E-state index contributed by atoms with van der Waals surface area (Å²) in [6.07, 6.45) is 5.59. The number of fused-ring (bicyclic) bond motifs is 2. The summed E-state index contributed by atoms with van der Waals surface area (Å²) in [5.74, 6) is -0.872. The number of aromatic nitrogens is 5. The predicted octanol–water partition coefficient (Wildman–Crippen LogP) is 7.69. The Morgan fingerprint density at radius 2 is 1.40 bits per heavy atom. The van der Waals surface area contributed by atoms with Crippen molar-refractivity contribution < 1.29 is 19.0 Å². The molecular formula is C45H54N8O4Si. The van der Waals surface area contributed by atoms with E-state index in [-0.39, 0.29) is 18.1 Å². The maximum atomic E-state index is 15.7. The van der Waals surface area contributed by atoms with Crippen LogP contribution < -0.4 is 5.73 Å². The zero-order valence-electron chi connectivity index (χ0n) is 34.1. The molecule has 2 aliphatic rings. The number of carbonyl (C=O) groups excluding carboxylic acids is 1. The maximum absolute atomic E-state index is 15.7. The zero-order chi connectivity index (χ0) is 40.4. The number of hydrogen-bond acceptors (Lipinski definition) is 8. The van der Waals surface area contributed by atoms with Gasteiger partial charge in [-0.15, -0.1) is 5.10 Å². The Bertz CT molecular complexity index is 2310. The zero-order valence-corrected chi connectivity index (χ0v) is 35.1. The number of anilines is 1. The van der Waals surface area contributed by atoms with E-state index in [1.165, 1.54) is 0 Å². The highest BCUT2D eigenvalue weighted by Gasteiger charge is 2.55. The van der Waals surface area contributed by atoms with Gasteiger partial charge in [-0.05, 0) is 79.3 Å². The summed E-state index contributed by atoms with van der Waals surface area (Å²) in [5.41, 5.74) is 12.8. The minimum Gasteiger partial charge on any atom is -0.397 e. The van der Waals surface area contributed by atoms with Gasteiger partial charge >= 0.3 is 6.03 Å². The molecule has 58 heavy (non-hydrogen) atoms. The van der Waals surface area contributed by atoms with Crippen LogP contribution >= 0.6 is 0 Å². The summed E-state index contributed by atoms with van der Waals surface area (Å²) in [4.78, 5) is 19.7. The summed E-state index contributed by atoms with van der Waals surface area (Å²) in [6, 6.07) is 33.1. The second kappa shape index (κ2) is 16.5. The number of nitrogens with two attached hydrogens (primary N) is 1. The number of benzene rings is 4. The topological polar surface area (TPSA) is 126 Å². The summed E-state index contributed by atoms with van der Waals surface area (Å²) < 4.78 is 23.4. The molecule has 8 rings (SSSR count). The average Bonchev–Trinajstić information content (AvgIpc) is 3.95. The molecule has 0 spiro atoms. The lowest BCUT2D eigenvalue weighted by molar-refractivity contribution is -0.157. The first kappa shape index (κ1) is 39.5. The highest BCUT2D eigenvalue weighted by Crippen LogP contribution is 2.41. The monoisotopic (exact) mass is 798 g/mol. The Kier molecular flexibility index (Phi) is 11.2. The Labute approximate surface area is 341 Å². The minimum absolute atomic E-state index is 0.0908. The number of urea groups is 1. The molecule has 0 radical (unpaired) electrons. The van der Waals surface area contributed by atoms with Crippen molar-refractivity contribution >= 4 is 30.7 Å². The summed E-state index contributed by atoms with van der Waals surface area (Å²) in [6.45, 7) is 12.8. The number of rotatable bonds is 14. The molecular weight excluding hydrogens is 745 g/mol. The number of amides is 2. The van der Waals surface area contributed by atoms with Gasteiger partial charge in [0, 0.05) is 33.2 Å². The van der Waals surface area contributed by atoms with Crippen LogP contribution in [0.2, 0.25) is 25.7 Å². The fraction of sp³-hybridized carbons (Fsp3) is 0.378. The van der Waals surface area contributed by atoms with Crippen molar-refractivity contribution in [3.05, 3.63) is 138 Å². The van der Waals surface area contributed by atoms with E-state index in [0.29, 0.717) is 44.0 Å². The lowest BCUT2D eigenvalue weighted by Gasteiger charge is -2.37. The van der Waals surface area contributed by atoms with E-state index < -0.39 is 26.1 Å². The van der Waals surface area contributed by atoms with Crippen molar-refractivity contribution in [1.82, 2.24) is 34.6 Å². The van der Waals surface area contributed by atoms with E-state index in [4.69, 9.17) is 19.9 Å². The predicted molar refractivity (Wildman–Crippen MR) is 228 cm³/mol. The van der Waals surface area contributed by atoms with Crippen molar-refractivity contribution in [3.63, 3.8) is 0 Å². The quantitative estimate of drug-likeness (QED) is 0.0676. The van der Waals surface area contributed by atoms with Crippen LogP contribution in [0, 0.1) is 0 Å². The van der Waals surface area contributed by atoms with Gasteiger partial charge in [-0.3, -0.25) is 0 Å². The minimum atomic E-state index is -1.20. The fourth-order valence-electron chi connectivity index (χ4n) is 8.23. The SMILES string of the molecule is CC1(C)O[C@@H]2[C@@H](O1)[C@@H](Cc1ccccc1)N(Cc1ccc3c(cnn3COCC[Si](C)(C)C)c1)C(=O)N(Cc1ccc(N)c(-n3ccnn3)c1)[C@@H]2Cc1ccccc1. The van der Waals surface area contributed by atoms with Gasteiger partial charge < -0.3 is 29.7 Å². The molecule has 4 atom stereocenters. The van der Waals surface area contributed by atoms with Crippen LogP contribution in [0.5, 0.6) is 0 Å². The number of carbonyl (C=O) groups is 1. The maximum Gasteiger partial charge on any atom is 0.321 e. The van der Waals surface area contributed by atoms with Crippen LogP contribution in [0.15, 0.2) is 116 Å². The number of nitrogen functional groups attached to an aromatic ring is 1. The lowest BCUT2D eigenvalue weighted by atomic mass is 9.91. The molecule has 2 fully saturated rings. The third-order valence-corrected chi connectivity index (χ3v) is 12.9. The second-order valence-electron chi connectivity index (χ2n) is 17.2. The molecule has 2 aliphatic heterocycles. The molecule has 0 aliphatic carbocycles. The van der Waals surface area contributed by atoms with Crippen LogP contribution in [0.25, 0.3) is 16.6 Å². The molecule has 2 N–H and O–H groups in total. The van der Waals surface area contributed by atoms with Gasteiger partial charge in [0.2, 0.25) is 0 Å². The van der Waals surface area contributed by atoms with E-state index in [0.717, 1.165) is 45.8 Å². The first-order valence-corrected chi connectivity index (χ1v) is 23.9. The summed E-state index contributed by atoms with van der Waals surface area (Å²) in [5, 5.41) is 13.9. The molecule has 13 heteroatoms. The molecule has 0 bridgehead atoms. The molecule has 6 aromatic rings. The van der Waals surface area contributed by atoms with Crippen molar-refractivity contribution in [1.29, 1.82) is 0 Å². The molecule has 2 saturated heterocycles. The van der Waals surface area contributed by atoms with Gasteiger partial charge in [-0.2, -0.15) is 5.10 Å². The number of ether oxygens (including phenoxy) is 3.